The first-order valence-corrected chi connectivity index (χ1v) is 5.97. The van der Waals surface area contributed by atoms with Crippen LogP contribution in [0.3, 0.4) is 0 Å². The Labute approximate surface area is 105 Å². The molecule has 0 atom stereocenters. The number of nitrogens with zero attached hydrogens (tertiary/aromatic N) is 1. The fourth-order valence-corrected chi connectivity index (χ4v) is 2.34. The molecule has 15 heavy (non-hydrogen) atoms. The zero-order chi connectivity index (χ0) is 10.8. The number of anilines is 2. The van der Waals surface area contributed by atoms with E-state index in [0.29, 0.717) is 0 Å². The van der Waals surface area contributed by atoms with Crippen LogP contribution >= 0.6 is 31.9 Å². The predicted molar refractivity (Wildman–Crippen MR) is 68.4 cm³/mol. The summed E-state index contributed by atoms with van der Waals surface area (Å²) in [7, 11) is 0. The van der Waals surface area contributed by atoms with Gasteiger partial charge in [0.25, 0.3) is 0 Å². The number of hydrogen-bond donors (Lipinski definition) is 2. The van der Waals surface area contributed by atoms with Gasteiger partial charge in [-0.05, 0) is 41.1 Å². The highest BCUT2D eigenvalue weighted by Crippen LogP contribution is 2.27. The second-order valence-electron chi connectivity index (χ2n) is 3.16. The molecule has 1 heterocycles. The SMILES string of the molecule is Cc1cnc(Nc2ccc(Br)cc2Br)[nH]1. The molecule has 0 saturated carbocycles. The number of halogens is 2. The first kappa shape index (κ1) is 10.7. The molecule has 0 unspecified atom stereocenters. The summed E-state index contributed by atoms with van der Waals surface area (Å²) in [5.74, 6) is 0.746. The molecule has 2 aromatic rings. The summed E-state index contributed by atoms with van der Waals surface area (Å²) in [5, 5.41) is 3.19. The smallest absolute Gasteiger partial charge is 0.204 e. The van der Waals surface area contributed by atoms with E-state index in [-0.39, 0.29) is 0 Å². The highest BCUT2D eigenvalue weighted by Gasteiger charge is 2.02. The Balaban J connectivity index is 2.24. The minimum absolute atomic E-state index is 0.746. The number of hydrogen-bond acceptors (Lipinski definition) is 2. The minimum Gasteiger partial charge on any atom is -0.328 e. The normalized spacial score (nSPS) is 10.3. The van der Waals surface area contributed by atoms with Gasteiger partial charge in [0.2, 0.25) is 5.95 Å². The van der Waals surface area contributed by atoms with Crippen molar-refractivity contribution in [2.75, 3.05) is 5.32 Å². The van der Waals surface area contributed by atoms with Gasteiger partial charge in [0, 0.05) is 20.8 Å². The molecule has 2 rings (SSSR count). The Morgan fingerprint density at radius 1 is 1.33 bits per heavy atom. The summed E-state index contributed by atoms with van der Waals surface area (Å²) in [4.78, 5) is 7.29. The van der Waals surface area contributed by atoms with Crippen molar-refractivity contribution >= 4 is 43.5 Å². The van der Waals surface area contributed by atoms with Gasteiger partial charge in [-0.2, -0.15) is 0 Å². The van der Waals surface area contributed by atoms with E-state index in [9.17, 15) is 0 Å². The van der Waals surface area contributed by atoms with Crippen LogP contribution in [0.25, 0.3) is 0 Å². The summed E-state index contributed by atoms with van der Waals surface area (Å²) in [5.41, 5.74) is 2.01. The minimum atomic E-state index is 0.746. The number of aromatic nitrogens is 2. The molecule has 0 spiro atoms. The lowest BCUT2D eigenvalue weighted by Crippen LogP contribution is -1.93. The molecule has 78 valence electrons. The number of aryl methyl sites for hydroxylation is 1. The lowest BCUT2D eigenvalue weighted by Gasteiger charge is -2.05. The molecule has 0 radical (unpaired) electrons. The van der Waals surface area contributed by atoms with E-state index in [1.54, 1.807) is 6.20 Å². The van der Waals surface area contributed by atoms with Crippen LogP contribution < -0.4 is 5.32 Å². The number of benzene rings is 1. The second kappa shape index (κ2) is 4.37. The van der Waals surface area contributed by atoms with Crippen LogP contribution in [-0.2, 0) is 0 Å². The van der Waals surface area contributed by atoms with Crippen LogP contribution in [0.5, 0.6) is 0 Å². The van der Waals surface area contributed by atoms with Crippen molar-refractivity contribution in [3.8, 4) is 0 Å². The maximum Gasteiger partial charge on any atom is 0.204 e. The summed E-state index contributed by atoms with van der Waals surface area (Å²) < 4.78 is 2.03. The van der Waals surface area contributed by atoms with Crippen molar-refractivity contribution in [3.05, 3.63) is 39.0 Å². The molecule has 0 bridgehead atoms. The molecule has 1 aromatic heterocycles. The standard InChI is InChI=1S/C10H9Br2N3/c1-6-5-13-10(14-6)15-9-3-2-7(11)4-8(9)12/h2-5H,1H3,(H2,13,14,15). The van der Waals surface area contributed by atoms with E-state index in [4.69, 9.17) is 0 Å². The maximum absolute atomic E-state index is 4.18. The van der Waals surface area contributed by atoms with Crippen molar-refractivity contribution in [2.45, 2.75) is 6.92 Å². The van der Waals surface area contributed by atoms with Crippen LogP contribution in [0.1, 0.15) is 5.69 Å². The molecular formula is C10H9Br2N3. The third-order valence-electron chi connectivity index (χ3n) is 1.89. The van der Waals surface area contributed by atoms with Gasteiger partial charge in [-0.15, -0.1) is 0 Å². The lowest BCUT2D eigenvalue weighted by atomic mass is 10.3. The summed E-state index contributed by atoms with van der Waals surface area (Å²) >= 11 is 6.88. The van der Waals surface area contributed by atoms with E-state index < -0.39 is 0 Å². The predicted octanol–water partition coefficient (Wildman–Crippen LogP) is 3.99. The zero-order valence-corrected chi connectivity index (χ0v) is 11.2. The quantitative estimate of drug-likeness (QED) is 0.874. The molecule has 0 amide bonds. The van der Waals surface area contributed by atoms with Gasteiger partial charge in [-0.1, -0.05) is 15.9 Å². The molecule has 0 fully saturated rings. The Kier molecular flexibility index (Phi) is 3.11. The molecule has 0 aliphatic heterocycles. The molecule has 0 aliphatic rings. The van der Waals surface area contributed by atoms with E-state index in [1.165, 1.54) is 0 Å². The van der Waals surface area contributed by atoms with Crippen LogP contribution in [0.2, 0.25) is 0 Å². The number of nitrogens with one attached hydrogen (secondary N) is 2. The number of H-pyrrole nitrogens is 1. The first-order valence-electron chi connectivity index (χ1n) is 4.39. The molecule has 0 aliphatic carbocycles. The number of aromatic amines is 1. The van der Waals surface area contributed by atoms with Gasteiger partial charge in [0.15, 0.2) is 0 Å². The third-order valence-corrected chi connectivity index (χ3v) is 3.04. The summed E-state index contributed by atoms with van der Waals surface area (Å²) in [6, 6.07) is 5.94. The molecule has 2 N–H and O–H groups in total. The van der Waals surface area contributed by atoms with Crippen LogP contribution in [0, 0.1) is 6.92 Å². The second-order valence-corrected chi connectivity index (χ2v) is 4.93. The molecule has 5 heteroatoms. The van der Waals surface area contributed by atoms with E-state index in [2.05, 4.69) is 47.1 Å². The highest BCUT2D eigenvalue weighted by molar-refractivity contribution is 9.11. The fourth-order valence-electron chi connectivity index (χ4n) is 1.19. The molecule has 0 saturated heterocycles. The fraction of sp³-hybridized carbons (Fsp3) is 0.100. The average Bonchev–Trinajstić information content (AvgIpc) is 2.56. The van der Waals surface area contributed by atoms with E-state index in [1.807, 2.05) is 25.1 Å². The van der Waals surface area contributed by atoms with Gasteiger partial charge in [0.05, 0.1) is 5.69 Å². The van der Waals surface area contributed by atoms with Gasteiger partial charge >= 0.3 is 0 Å². The lowest BCUT2D eigenvalue weighted by molar-refractivity contribution is 1.24. The van der Waals surface area contributed by atoms with Crippen molar-refractivity contribution in [3.63, 3.8) is 0 Å². The summed E-state index contributed by atoms with van der Waals surface area (Å²) in [6.07, 6.45) is 1.79. The Bertz CT molecular complexity index is 479. The van der Waals surface area contributed by atoms with Crippen LogP contribution in [0.4, 0.5) is 11.6 Å². The van der Waals surface area contributed by atoms with Crippen molar-refractivity contribution < 1.29 is 0 Å². The average molecular weight is 331 g/mol. The Morgan fingerprint density at radius 2 is 2.13 bits per heavy atom. The number of imidazole rings is 1. The summed E-state index contributed by atoms with van der Waals surface area (Å²) in [6.45, 7) is 1.97. The van der Waals surface area contributed by atoms with Crippen molar-refractivity contribution in [1.29, 1.82) is 0 Å². The van der Waals surface area contributed by atoms with Gasteiger partial charge in [0.1, 0.15) is 0 Å². The first-order chi connectivity index (χ1) is 7.15. The third kappa shape index (κ3) is 2.60. The van der Waals surface area contributed by atoms with Crippen molar-refractivity contribution in [2.24, 2.45) is 0 Å². The molecule has 1 aromatic carbocycles. The Morgan fingerprint density at radius 3 is 2.73 bits per heavy atom. The van der Waals surface area contributed by atoms with Gasteiger partial charge < -0.3 is 10.3 Å². The Hall–Kier alpha value is -0.810. The largest absolute Gasteiger partial charge is 0.328 e. The molecular weight excluding hydrogens is 322 g/mol. The van der Waals surface area contributed by atoms with Crippen LogP contribution in [-0.4, -0.2) is 9.97 Å². The molecule has 3 nitrogen and oxygen atoms in total. The van der Waals surface area contributed by atoms with E-state index >= 15 is 0 Å². The van der Waals surface area contributed by atoms with Gasteiger partial charge in [-0.25, -0.2) is 4.98 Å². The van der Waals surface area contributed by atoms with E-state index in [0.717, 1.165) is 26.3 Å². The van der Waals surface area contributed by atoms with Crippen LogP contribution in [0.15, 0.2) is 33.3 Å². The monoisotopic (exact) mass is 329 g/mol. The number of rotatable bonds is 2. The topological polar surface area (TPSA) is 40.7 Å². The highest BCUT2D eigenvalue weighted by atomic mass is 79.9. The van der Waals surface area contributed by atoms with Gasteiger partial charge in [-0.3, -0.25) is 0 Å². The maximum atomic E-state index is 4.18. The van der Waals surface area contributed by atoms with Crippen molar-refractivity contribution in [1.82, 2.24) is 9.97 Å². The zero-order valence-electron chi connectivity index (χ0n) is 8.01.